The third kappa shape index (κ3) is 2.45. The summed E-state index contributed by atoms with van der Waals surface area (Å²) in [7, 11) is 0. The second kappa shape index (κ2) is 3.37. The van der Waals surface area contributed by atoms with Crippen LogP contribution < -0.4 is 5.32 Å². The maximum atomic E-state index is 11.9. The number of carbonyl (C=O) groups is 1. The van der Waals surface area contributed by atoms with E-state index in [9.17, 15) is 18.0 Å². The zero-order chi connectivity index (χ0) is 10.1. The Balaban J connectivity index is 2.69. The van der Waals surface area contributed by atoms with Gasteiger partial charge in [0.1, 0.15) is 0 Å². The lowest BCUT2D eigenvalue weighted by atomic mass is 10.3. The van der Waals surface area contributed by atoms with Crippen molar-refractivity contribution in [2.75, 3.05) is 0 Å². The number of aliphatic imine (C=N–C) groups is 1. The van der Waals surface area contributed by atoms with Gasteiger partial charge in [-0.05, 0) is 11.6 Å². The molecule has 0 aromatic heterocycles. The second-order valence-electron chi connectivity index (χ2n) is 2.26. The molecule has 0 spiro atoms. The minimum absolute atomic E-state index is 0.0952. The molecule has 1 heterocycles. The van der Waals surface area contributed by atoms with Gasteiger partial charge in [-0.2, -0.15) is 13.2 Å². The molecule has 1 atom stereocenters. The summed E-state index contributed by atoms with van der Waals surface area (Å²) in [5.41, 5.74) is -0.0952. The Bertz CT molecular complexity index is 284. The average molecular weight is 213 g/mol. The standard InChI is InChI=1S/C6H4ClF3N2O/c7-4(13)3-1-11-5(12-2-3)6(8,9)10/h1-2,5,11H. The van der Waals surface area contributed by atoms with Crippen LogP contribution in [0.3, 0.4) is 0 Å². The van der Waals surface area contributed by atoms with E-state index < -0.39 is 17.6 Å². The number of rotatable bonds is 1. The average Bonchev–Trinajstić information content (AvgIpc) is 2.03. The number of allylic oxidation sites excluding steroid dienone is 1. The predicted octanol–water partition coefficient (Wildman–Crippen LogP) is 1.20. The highest BCUT2D eigenvalue weighted by molar-refractivity contribution is 6.70. The molecule has 1 aliphatic rings. The van der Waals surface area contributed by atoms with Gasteiger partial charge >= 0.3 is 6.18 Å². The highest BCUT2D eigenvalue weighted by Crippen LogP contribution is 2.22. The number of alkyl halides is 3. The van der Waals surface area contributed by atoms with Crippen molar-refractivity contribution in [3.05, 3.63) is 11.8 Å². The summed E-state index contributed by atoms with van der Waals surface area (Å²) in [4.78, 5) is 13.5. The molecule has 1 aliphatic heterocycles. The SMILES string of the molecule is O=C(Cl)C1=CNC(C(F)(F)F)N=C1. The molecule has 1 N–H and O–H groups in total. The number of carbonyl (C=O) groups excluding carboxylic acids is 1. The van der Waals surface area contributed by atoms with Gasteiger partial charge in [0, 0.05) is 12.4 Å². The molecule has 72 valence electrons. The van der Waals surface area contributed by atoms with Crippen LogP contribution in [0.4, 0.5) is 13.2 Å². The largest absolute Gasteiger partial charge is 0.429 e. The molecule has 0 fully saturated rings. The first-order valence-electron chi connectivity index (χ1n) is 3.17. The lowest BCUT2D eigenvalue weighted by molar-refractivity contribution is -0.151. The van der Waals surface area contributed by atoms with Crippen molar-refractivity contribution in [2.45, 2.75) is 12.3 Å². The van der Waals surface area contributed by atoms with Crippen LogP contribution in [0, 0.1) is 0 Å². The molecule has 0 saturated carbocycles. The van der Waals surface area contributed by atoms with Crippen molar-refractivity contribution in [1.29, 1.82) is 0 Å². The molecular weight excluding hydrogens is 209 g/mol. The lowest BCUT2D eigenvalue weighted by Crippen LogP contribution is -2.40. The maximum Gasteiger partial charge on any atom is 0.429 e. The Kier molecular flexibility index (Phi) is 2.60. The van der Waals surface area contributed by atoms with E-state index in [4.69, 9.17) is 11.6 Å². The molecule has 0 amide bonds. The van der Waals surface area contributed by atoms with E-state index in [1.165, 1.54) is 0 Å². The van der Waals surface area contributed by atoms with E-state index >= 15 is 0 Å². The van der Waals surface area contributed by atoms with E-state index in [-0.39, 0.29) is 5.57 Å². The van der Waals surface area contributed by atoms with E-state index in [0.717, 1.165) is 12.4 Å². The summed E-state index contributed by atoms with van der Waals surface area (Å²) < 4.78 is 35.8. The zero-order valence-electron chi connectivity index (χ0n) is 6.10. The van der Waals surface area contributed by atoms with Crippen molar-refractivity contribution in [3.63, 3.8) is 0 Å². The molecule has 3 nitrogen and oxygen atoms in total. The monoisotopic (exact) mass is 212 g/mol. The number of hydrogen-bond acceptors (Lipinski definition) is 3. The highest BCUT2D eigenvalue weighted by atomic mass is 35.5. The Morgan fingerprint density at radius 1 is 1.62 bits per heavy atom. The van der Waals surface area contributed by atoms with Gasteiger partial charge < -0.3 is 5.32 Å². The summed E-state index contributed by atoms with van der Waals surface area (Å²) >= 11 is 5.00. The van der Waals surface area contributed by atoms with Gasteiger partial charge in [0.25, 0.3) is 5.24 Å². The molecule has 7 heteroatoms. The van der Waals surface area contributed by atoms with Crippen LogP contribution in [0.5, 0.6) is 0 Å². The minimum Gasteiger partial charge on any atom is -0.362 e. The highest BCUT2D eigenvalue weighted by Gasteiger charge is 2.39. The fourth-order valence-electron chi connectivity index (χ4n) is 0.690. The molecule has 0 aliphatic carbocycles. The molecule has 1 unspecified atom stereocenters. The van der Waals surface area contributed by atoms with Crippen LogP contribution in [0.25, 0.3) is 0 Å². The van der Waals surface area contributed by atoms with Crippen LogP contribution >= 0.6 is 11.6 Å². The molecule has 0 saturated heterocycles. The first kappa shape index (κ1) is 10.0. The lowest BCUT2D eigenvalue weighted by Gasteiger charge is -2.19. The van der Waals surface area contributed by atoms with Crippen LogP contribution in [0.15, 0.2) is 16.8 Å². The van der Waals surface area contributed by atoms with Crippen molar-refractivity contribution >= 4 is 23.1 Å². The normalized spacial score (nSPS) is 22.2. The number of halogens is 4. The van der Waals surface area contributed by atoms with Crippen LogP contribution in [0.1, 0.15) is 0 Å². The number of nitrogens with zero attached hydrogens (tertiary/aromatic N) is 1. The van der Waals surface area contributed by atoms with Gasteiger partial charge in [0.2, 0.25) is 6.17 Å². The first-order chi connectivity index (χ1) is 5.91. The molecule has 0 bridgehead atoms. The van der Waals surface area contributed by atoms with E-state index in [0.29, 0.717) is 0 Å². The molecule has 0 aromatic carbocycles. The quantitative estimate of drug-likeness (QED) is 0.664. The van der Waals surface area contributed by atoms with Crippen LogP contribution in [-0.2, 0) is 4.79 Å². The smallest absolute Gasteiger partial charge is 0.362 e. The van der Waals surface area contributed by atoms with Gasteiger partial charge in [-0.1, -0.05) is 0 Å². The van der Waals surface area contributed by atoms with Crippen molar-refractivity contribution < 1.29 is 18.0 Å². The Hall–Kier alpha value is -1.04. The molecule has 13 heavy (non-hydrogen) atoms. The summed E-state index contributed by atoms with van der Waals surface area (Å²) in [5.74, 6) is 0. The number of nitrogens with one attached hydrogen (secondary N) is 1. The van der Waals surface area contributed by atoms with Crippen LogP contribution in [-0.4, -0.2) is 23.8 Å². The fraction of sp³-hybridized carbons (Fsp3) is 0.333. The topological polar surface area (TPSA) is 41.5 Å². The van der Waals surface area contributed by atoms with Crippen molar-refractivity contribution in [1.82, 2.24) is 5.32 Å². The summed E-state index contributed by atoms with van der Waals surface area (Å²) in [6, 6.07) is 0. The minimum atomic E-state index is -4.46. The van der Waals surface area contributed by atoms with E-state index in [1.54, 1.807) is 0 Å². The summed E-state index contributed by atoms with van der Waals surface area (Å²) in [6.07, 6.45) is -4.77. The molecule has 1 rings (SSSR count). The zero-order valence-corrected chi connectivity index (χ0v) is 6.86. The second-order valence-corrected chi connectivity index (χ2v) is 2.61. The fourth-order valence-corrected chi connectivity index (χ4v) is 0.794. The van der Waals surface area contributed by atoms with E-state index in [1.807, 2.05) is 5.32 Å². The van der Waals surface area contributed by atoms with Crippen molar-refractivity contribution in [3.8, 4) is 0 Å². The van der Waals surface area contributed by atoms with Gasteiger partial charge in [0.05, 0.1) is 5.57 Å². The predicted molar refractivity (Wildman–Crippen MR) is 40.4 cm³/mol. The van der Waals surface area contributed by atoms with Crippen molar-refractivity contribution in [2.24, 2.45) is 4.99 Å². The van der Waals surface area contributed by atoms with Gasteiger partial charge in [-0.15, -0.1) is 0 Å². The number of hydrogen-bond donors (Lipinski definition) is 1. The first-order valence-corrected chi connectivity index (χ1v) is 3.55. The molecular formula is C6H4ClF3N2O. The van der Waals surface area contributed by atoms with Gasteiger partial charge in [-0.25, -0.2) is 0 Å². The Morgan fingerprint density at radius 3 is 2.54 bits per heavy atom. The van der Waals surface area contributed by atoms with Gasteiger partial charge in [0.15, 0.2) is 0 Å². The Morgan fingerprint density at radius 2 is 2.23 bits per heavy atom. The third-order valence-electron chi connectivity index (χ3n) is 1.30. The molecule has 0 radical (unpaired) electrons. The van der Waals surface area contributed by atoms with Gasteiger partial charge in [-0.3, -0.25) is 9.79 Å². The Labute approximate surface area is 76.3 Å². The molecule has 0 aromatic rings. The summed E-state index contributed by atoms with van der Waals surface area (Å²) in [5, 5.41) is 1.05. The summed E-state index contributed by atoms with van der Waals surface area (Å²) in [6.45, 7) is 0. The maximum absolute atomic E-state index is 11.9. The third-order valence-corrected chi connectivity index (χ3v) is 1.51. The van der Waals surface area contributed by atoms with Crippen LogP contribution in [0.2, 0.25) is 0 Å². The van der Waals surface area contributed by atoms with E-state index in [2.05, 4.69) is 4.99 Å².